The van der Waals surface area contributed by atoms with Crippen LogP contribution in [-0.2, 0) is 11.3 Å². The van der Waals surface area contributed by atoms with E-state index in [-0.39, 0.29) is 5.41 Å². The number of aliphatic carboxylic acids is 1. The summed E-state index contributed by atoms with van der Waals surface area (Å²) < 4.78 is 0. The van der Waals surface area contributed by atoms with Gasteiger partial charge in [-0.15, -0.1) is 0 Å². The van der Waals surface area contributed by atoms with Crippen molar-refractivity contribution in [2.45, 2.75) is 39.3 Å². The first-order valence-corrected chi connectivity index (χ1v) is 7.17. The topological polar surface area (TPSA) is 83.6 Å². The predicted molar refractivity (Wildman–Crippen MR) is 79.8 cm³/mol. The smallest absolute Gasteiger partial charge is 0.321 e. The van der Waals surface area contributed by atoms with Gasteiger partial charge in [0.05, 0.1) is 0 Å². The molecule has 21 heavy (non-hydrogen) atoms. The second-order valence-corrected chi connectivity index (χ2v) is 6.37. The number of benzene rings is 1. The zero-order valence-electron chi connectivity index (χ0n) is 12.5. The molecule has 5 nitrogen and oxygen atoms in total. The number of nitrogens with zero attached hydrogens (tertiary/aromatic N) is 1. The summed E-state index contributed by atoms with van der Waals surface area (Å²) in [5.74, 6) is -1.25. The molecule has 1 saturated heterocycles. The fourth-order valence-electron chi connectivity index (χ4n) is 3.22. The number of carboxylic acid groups (broad SMARTS) is 1. The number of carbonyl (C=O) groups is 2. The highest BCUT2D eigenvalue weighted by atomic mass is 16.4. The average molecular weight is 290 g/mol. The van der Waals surface area contributed by atoms with E-state index in [0.29, 0.717) is 12.1 Å². The molecule has 3 N–H and O–H groups in total. The van der Waals surface area contributed by atoms with Gasteiger partial charge in [-0.1, -0.05) is 26.0 Å². The number of likely N-dealkylation sites (tertiary alicyclic amines) is 1. The maximum atomic E-state index is 11.6. The largest absolute Gasteiger partial charge is 0.480 e. The molecule has 0 bridgehead atoms. The van der Waals surface area contributed by atoms with Crippen molar-refractivity contribution in [3.05, 3.63) is 35.4 Å². The van der Waals surface area contributed by atoms with Crippen molar-refractivity contribution in [1.82, 2.24) is 4.90 Å². The Bertz CT molecular complexity index is 554. The van der Waals surface area contributed by atoms with Gasteiger partial charge in [0.15, 0.2) is 0 Å². The molecule has 0 aliphatic carbocycles. The van der Waals surface area contributed by atoms with Crippen LogP contribution in [0.3, 0.4) is 0 Å². The highest BCUT2D eigenvalue weighted by molar-refractivity contribution is 5.92. The molecule has 1 aliphatic rings. The number of hydrogen-bond donors (Lipinski definition) is 2. The number of piperidine rings is 1. The molecule has 0 aromatic heterocycles. The van der Waals surface area contributed by atoms with Gasteiger partial charge in [0.1, 0.15) is 6.04 Å². The van der Waals surface area contributed by atoms with Crippen LogP contribution < -0.4 is 5.73 Å². The molecule has 1 aromatic rings. The molecule has 5 heteroatoms. The lowest BCUT2D eigenvalue weighted by Gasteiger charge is -2.44. The number of amides is 1. The van der Waals surface area contributed by atoms with Crippen LogP contribution in [0.4, 0.5) is 0 Å². The Balaban J connectivity index is 2.22. The van der Waals surface area contributed by atoms with E-state index in [2.05, 4.69) is 0 Å². The van der Waals surface area contributed by atoms with Gasteiger partial charge in [-0.3, -0.25) is 14.5 Å². The molecule has 0 spiro atoms. The van der Waals surface area contributed by atoms with Crippen molar-refractivity contribution < 1.29 is 14.7 Å². The van der Waals surface area contributed by atoms with E-state index in [0.717, 1.165) is 24.9 Å². The highest BCUT2D eigenvalue weighted by Gasteiger charge is 2.42. The minimum Gasteiger partial charge on any atom is -0.480 e. The molecule has 114 valence electrons. The first kappa shape index (κ1) is 15.5. The minimum absolute atomic E-state index is 0.259. The predicted octanol–water partition coefficient (Wildman–Crippen LogP) is 1.86. The maximum absolute atomic E-state index is 11.6. The second-order valence-electron chi connectivity index (χ2n) is 6.37. The van der Waals surface area contributed by atoms with Crippen LogP contribution in [-0.4, -0.2) is 34.5 Å². The van der Waals surface area contributed by atoms with Crippen LogP contribution in [0.25, 0.3) is 0 Å². The number of rotatable bonds is 4. The van der Waals surface area contributed by atoms with Gasteiger partial charge in [0.2, 0.25) is 5.91 Å². The van der Waals surface area contributed by atoms with Crippen LogP contribution in [0.2, 0.25) is 0 Å². The summed E-state index contributed by atoms with van der Waals surface area (Å²) in [6, 6.07) is 6.57. The van der Waals surface area contributed by atoms with Gasteiger partial charge in [0.25, 0.3) is 0 Å². The second kappa shape index (κ2) is 5.85. The van der Waals surface area contributed by atoms with E-state index in [9.17, 15) is 14.7 Å². The lowest BCUT2D eigenvalue weighted by Crippen LogP contribution is -2.53. The summed E-state index contributed by atoms with van der Waals surface area (Å²) in [5, 5.41) is 9.55. The van der Waals surface area contributed by atoms with Gasteiger partial charge in [-0.25, -0.2) is 0 Å². The fourth-order valence-corrected chi connectivity index (χ4v) is 3.22. The Hall–Kier alpha value is -1.88. The van der Waals surface area contributed by atoms with Gasteiger partial charge in [-0.2, -0.15) is 0 Å². The highest BCUT2D eigenvalue weighted by Crippen LogP contribution is 2.36. The Morgan fingerprint density at radius 2 is 2.14 bits per heavy atom. The number of carbonyl (C=O) groups excluding carboxylic acids is 1. The Labute approximate surface area is 124 Å². The first-order chi connectivity index (χ1) is 9.81. The molecular weight excluding hydrogens is 268 g/mol. The molecule has 0 radical (unpaired) electrons. The Kier molecular flexibility index (Phi) is 4.32. The van der Waals surface area contributed by atoms with E-state index in [1.165, 1.54) is 0 Å². The summed E-state index contributed by atoms with van der Waals surface area (Å²) in [4.78, 5) is 24.8. The third kappa shape index (κ3) is 3.42. The average Bonchev–Trinajstić information content (AvgIpc) is 2.37. The quantitative estimate of drug-likeness (QED) is 0.886. The molecule has 2 rings (SSSR count). The molecule has 1 heterocycles. The minimum atomic E-state index is -0.786. The molecular formula is C16H22N2O3. The van der Waals surface area contributed by atoms with E-state index in [1.807, 2.05) is 24.8 Å². The molecule has 1 atom stereocenters. The van der Waals surface area contributed by atoms with Gasteiger partial charge < -0.3 is 10.8 Å². The molecule has 1 aliphatic heterocycles. The van der Waals surface area contributed by atoms with Crippen LogP contribution >= 0.6 is 0 Å². The summed E-state index contributed by atoms with van der Waals surface area (Å²) in [5.41, 5.74) is 6.40. The Morgan fingerprint density at radius 3 is 2.76 bits per heavy atom. The van der Waals surface area contributed by atoms with Crippen LogP contribution in [0, 0.1) is 5.41 Å². The summed E-state index contributed by atoms with van der Waals surface area (Å²) >= 11 is 0. The zero-order valence-corrected chi connectivity index (χ0v) is 12.5. The van der Waals surface area contributed by atoms with Gasteiger partial charge >= 0.3 is 5.97 Å². The van der Waals surface area contributed by atoms with Crippen molar-refractivity contribution in [2.75, 3.05) is 6.54 Å². The zero-order chi connectivity index (χ0) is 15.6. The third-order valence-electron chi connectivity index (χ3n) is 4.20. The number of carboxylic acids is 1. The number of hydrogen-bond acceptors (Lipinski definition) is 3. The molecule has 1 aromatic carbocycles. The fraction of sp³-hybridized carbons (Fsp3) is 0.500. The van der Waals surface area contributed by atoms with Crippen molar-refractivity contribution >= 4 is 11.9 Å². The lowest BCUT2D eigenvalue weighted by atomic mass is 9.76. The SMILES string of the molecule is CC1(C)CCCN(Cc2cccc(C(N)=O)c2)C1C(=O)O. The molecule has 1 unspecified atom stereocenters. The van der Waals surface area contributed by atoms with Crippen molar-refractivity contribution in [2.24, 2.45) is 11.1 Å². The van der Waals surface area contributed by atoms with E-state index >= 15 is 0 Å². The van der Waals surface area contributed by atoms with Crippen molar-refractivity contribution in [3.63, 3.8) is 0 Å². The van der Waals surface area contributed by atoms with Crippen molar-refractivity contribution in [1.29, 1.82) is 0 Å². The van der Waals surface area contributed by atoms with Gasteiger partial charge in [-0.05, 0) is 42.5 Å². The monoisotopic (exact) mass is 290 g/mol. The van der Waals surface area contributed by atoms with Gasteiger partial charge in [0, 0.05) is 12.1 Å². The number of primary amides is 1. The normalized spacial score (nSPS) is 21.9. The van der Waals surface area contributed by atoms with Crippen molar-refractivity contribution in [3.8, 4) is 0 Å². The van der Waals surface area contributed by atoms with E-state index in [1.54, 1.807) is 18.2 Å². The maximum Gasteiger partial charge on any atom is 0.321 e. The standard InChI is InChI=1S/C16H22N2O3/c1-16(2)7-4-8-18(13(16)15(20)21)10-11-5-3-6-12(9-11)14(17)19/h3,5-6,9,13H,4,7-8,10H2,1-2H3,(H2,17,19)(H,20,21). The number of nitrogens with two attached hydrogens (primary N) is 1. The van der Waals surface area contributed by atoms with E-state index in [4.69, 9.17) is 5.73 Å². The van der Waals surface area contributed by atoms with Crippen LogP contribution in [0.1, 0.15) is 42.6 Å². The lowest BCUT2D eigenvalue weighted by molar-refractivity contribution is -0.151. The molecule has 0 saturated carbocycles. The Morgan fingerprint density at radius 1 is 1.43 bits per heavy atom. The van der Waals surface area contributed by atoms with Crippen LogP contribution in [0.5, 0.6) is 0 Å². The first-order valence-electron chi connectivity index (χ1n) is 7.17. The molecule has 1 amide bonds. The van der Waals surface area contributed by atoms with Crippen LogP contribution in [0.15, 0.2) is 24.3 Å². The summed E-state index contributed by atoms with van der Waals surface area (Å²) in [6.45, 7) is 5.26. The van der Waals surface area contributed by atoms with E-state index < -0.39 is 17.9 Å². The summed E-state index contributed by atoms with van der Waals surface area (Å²) in [7, 11) is 0. The summed E-state index contributed by atoms with van der Waals surface area (Å²) in [6.07, 6.45) is 1.88. The molecule has 1 fully saturated rings. The third-order valence-corrected chi connectivity index (χ3v) is 4.20.